The van der Waals surface area contributed by atoms with Crippen molar-refractivity contribution in [3.63, 3.8) is 0 Å². The fourth-order valence-corrected chi connectivity index (χ4v) is 1.50. The molecule has 0 aliphatic rings. The molecule has 0 saturated heterocycles. The maximum atomic E-state index is 11.6. The normalized spacial score (nSPS) is 10.2. The van der Waals surface area contributed by atoms with Gasteiger partial charge in [-0.3, -0.25) is 4.79 Å². The third kappa shape index (κ3) is 3.26. The van der Waals surface area contributed by atoms with Crippen molar-refractivity contribution in [2.24, 2.45) is 0 Å². The molecule has 16 heavy (non-hydrogen) atoms. The maximum absolute atomic E-state index is 11.6. The van der Waals surface area contributed by atoms with Gasteiger partial charge in [0.1, 0.15) is 0 Å². The number of anilines is 2. The number of benzene rings is 1. The quantitative estimate of drug-likeness (QED) is 0.766. The van der Waals surface area contributed by atoms with Gasteiger partial charge in [-0.1, -0.05) is 13.3 Å². The lowest BCUT2D eigenvalue weighted by Crippen LogP contribution is -2.12. The molecule has 0 heterocycles. The van der Waals surface area contributed by atoms with Crippen LogP contribution >= 0.6 is 0 Å². The number of aryl methyl sites for hydroxylation is 2. The van der Waals surface area contributed by atoms with Gasteiger partial charge in [0.15, 0.2) is 0 Å². The zero-order valence-electron chi connectivity index (χ0n) is 10.3. The largest absolute Gasteiger partial charge is 0.397 e. The summed E-state index contributed by atoms with van der Waals surface area (Å²) < 4.78 is 0. The van der Waals surface area contributed by atoms with Gasteiger partial charge in [-0.2, -0.15) is 0 Å². The SMILES string of the molecule is CCCCC(=O)Nc1cc(C)c(C)cc1N. The van der Waals surface area contributed by atoms with Crippen molar-refractivity contribution in [1.82, 2.24) is 0 Å². The molecule has 0 bridgehead atoms. The van der Waals surface area contributed by atoms with E-state index >= 15 is 0 Å². The minimum Gasteiger partial charge on any atom is -0.397 e. The second-order valence-electron chi connectivity index (χ2n) is 4.18. The average Bonchev–Trinajstić information content (AvgIpc) is 2.23. The minimum atomic E-state index is 0.0387. The molecule has 1 amide bonds. The van der Waals surface area contributed by atoms with Crippen LogP contribution in [0.3, 0.4) is 0 Å². The van der Waals surface area contributed by atoms with Crippen LogP contribution in [0.4, 0.5) is 11.4 Å². The Labute approximate surface area is 97.0 Å². The first-order chi connectivity index (χ1) is 7.54. The Morgan fingerprint density at radius 1 is 1.31 bits per heavy atom. The van der Waals surface area contributed by atoms with Crippen molar-refractivity contribution in [3.8, 4) is 0 Å². The van der Waals surface area contributed by atoms with Crippen LogP contribution < -0.4 is 11.1 Å². The van der Waals surface area contributed by atoms with Crippen molar-refractivity contribution in [1.29, 1.82) is 0 Å². The van der Waals surface area contributed by atoms with Gasteiger partial charge in [0.2, 0.25) is 5.91 Å². The van der Waals surface area contributed by atoms with Crippen molar-refractivity contribution < 1.29 is 4.79 Å². The van der Waals surface area contributed by atoms with Crippen LogP contribution in [0, 0.1) is 13.8 Å². The van der Waals surface area contributed by atoms with E-state index in [1.54, 1.807) is 0 Å². The lowest BCUT2D eigenvalue weighted by molar-refractivity contribution is -0.116. The Morgan fingerprint density at radius 2 is 1.94 bits per heavy atom. The van der Waals surface area contributed by atoms with E-state index in [1.165, 1.54) is 0 Å². The van der Waals surface area contributed by atoms with Crippen LogP contribution in [0.25, 0.3) is 0 Å². The first kappa shape index (κ1) is 12.6. The van der Waals surface area contributed by atoms with Gasteiger partial charge in [0, 0.05) is 6.42 Å². The Hall–Kier alpha value is -1.51. The second kappa shape index (κ2) is 5.54. The number of rotatable bonds is 4. The first-order valence-corrected chi connectivity index (χ1v) is 5.71. The smallest absolute Gasteiger partial charge is 0.224 e. The number of unbranched alkanes of at least 4 members (excludes halogenated alkanes) is 1. The standard InChI is InChI=1S/C13H20N2O/c1-4-5-6-13(16)15-12-8-10(3)9(2)7-11(12)14/h7-8H,4-6,14H2,1-3H3,(H,15,16). The summed E-state index contributed by atoms with van der Waals surface area (Å²) >= 11 is 0. The zero-order valence-corrected chi connectivity index (χ0v) is 10.3. The summed E-state index contributed by atoms with van der Waals surface area (Å²) in [6.07, 6.45) is 2.50. The van der Waals surface area contributed by atoms with Gasteiger partial charge in [-0.05, 0) is 43.5 Å². The van der Waals surface area contributed by atoms with E-state index in [0.29, 0.717) is 12.1 Å². The molecule has 0 atom stereocenters. The third-order valence-electron chi connectivity index (χ3n) is 2.70. The Kier molecular flexibility index (Phi) is 4.35. The number of carbonyl (C=O) groups excluding carboxylic acids is 1. The van der Waals surface area contributed by atoms with E-state index in [1.807, 2.05) is 26.0 Å². The van der Waals surface area contributed by atoms with Crippen LogP contribution in [-0.4, -0.2) is 5.91 Å². The Morgan fingerprint density at radius 3 is 2.56 bits per heavy atom. The molecule has 3 nitrogen and oxygen atoms in total. The number of nitrogens with one attached hydrogen (secondary N) is 1. The summed E-state index contributed by atoms with van der Waals surface area (Å²) in [6.45, 7) is 6.09. The number of hydrogen-bond donors (Lipinski definition) is 2. The lowest BCUT2D eigenvalue weighted by Gasteiger charge is -2.10. The molecule has 0 unspecified atom stereocenters. The zero-order chi connectivity index (χ0) is 12.1. The molecule has 0 aliphatic heterocycles. The van der Waals surface area contributed by atoms with E-state index in [9.17, 15) is 4.79 Å². The van der Waals surface area contributed by atoms with Crippen molar-refractivity contribution in [3.05, 3.63) is 23.3 Å². The van der Waals surface area contributed by atoms with Gasteiger partial charge in [0.05, 0.1) is 11.4 Å². The Bertz CT molecular complexity index is 386. The molecule has 0 spiro atoms. The molecule has 0 radical (unpaired) electrons. The summed E-state index contributed by atoms with van der Waals surface area (Å²) in [5.74, 6) is 0.0387. The highest BCUT2D eigenvalue weighted by molar-refractivity contribution is 5.94. The number of nitrogen functional groups attached to an aromatic ring is 1. The summed E-state index contributed by atoms with van der Waals surface area (Å²) in [6, 6.07) is 3.82. The number of nitrogens with two attached hydrogens (primary N) is 1. The molecule has 0 fully saturated rings. The van der Waals surface area contributed by atoms with Gasteiger partial charge < -0.3 is 11.1 Å². The highest BCUT2D eigenvalue weighted by Crippen LogP contribution is 2.23. The molecule has 3 N–H and O–H groups in total. The molecule has 88 valence electrons. The highest BCUT2D eigenvalue weighted by Gasteiger charge is 2.06. The van der Waals surface area contributed by atoms with E-state index < -0.39 is 0 Å². The number of hydrogen-bond acceptors (Lipinski definition) is 2. The van der Waals surface area contributed by atoms with E-state index in [4.69, 9.17) is 5.73 Å². The van der Waals surface area contributed by atoms with Crippen LogP contribution in [0.1, 0.15) is 37.3 Å². The maximum Gasteiger partial charge on any atom is 0.224 e. The predicted octanol–water partition coefficient (Wildman–Crippen LogP) is 3.01. The van der Waals surface area contributed by atoms with E-state index in [0.717, 1.165) is 29.7 Å². The Balaban J connectivity index is 2.73. The molecule has 0 aliphatic carbocycles. The van der Waals surface area contributed by atoms with Gasteiger partial charge in [-0.15, -0.1) is 0 Å². The first-order valence-electron chi connectivity index (χ1n) is 5.71. The molecular weight excluding hydrogens is 200 g/mol. The highest BCUT2D eigenvalue weighted by atomic mass is 16.1. The molecule has 0 saturated carbocycles. The van der Waals surface area contributed by atoms with Crippen LogP contribution in [-0.2, 0) is 4.79 Å². The van der Waals surface area contributed by atoms with Crippen molar-refractivity contribution >= 4 is 17.3 Å². The summed E-state index contributed by atoms with van der Waals surface area (Å²) in [5, 5.41) is 2.85. The minimum absolute atomic E-state index is 0.0387. The third-order valence-corrected chi connectivity index (χ3v) is 2.70. The molecule has 1 rings (SSSR count). The van der Waals surface area contributed by atoms with Crippen LogP contribution in [0.2, 0.25) is 0 Å². The van der Waals surface area contributed by atoms with Crippen LogP contribution in [0.15, 0.2) is 12.1 Å². The molecule has 3 heteroatoms. The van der Waals surface area contributed by atoms with Crippen molar-refractivity contribution in [2.75, 3.05) is 11.1 Å². The molecule has 1 aromatic carbocycles. The predicted molar refractivity (Wildman–Crippen MR) is 68.5 cm³/mol. The monoisotopic (exact) mass is 220 g/mol. The number of carbonyl (C=O) groups is 1. The summed E-state index contributed by atoms with van der Waals surface area (Å²) in [5.41, 5.74) is 9.49. The second-order valence-corrected chi connectivity index (χ2v) is 4.18. The molecule has 1 aromatic rings. The van der Waals surface area contributed by atoms with Gasteiger partial charge >= 0.3 is 0 Å². The van der Waals surface area contributed by atoms with Gasteiger partial charge in [0.25, 0.3) is 0 Å². The topological polar surface area (TPSA) is 55.1 Å². The molecule has 0 aromatic heterocycles. The van der Waals surface area contributed by atoms with E-state index in [-0.39, 0.29) is 5.91 Å². The summed E-state index contributed by atoms with van der Waals surface area (Å²) in [4.78, 5) is 11.6. The fourth-order valence-electron chi connectivity index (χ4n) is 1.50. The fraction of sp³-hybridized carbons (Fsp3) is 0.462. The van der Waals surface area contributed by atoms with Crippen LogP contribution in [0.5, 0.6) is 0 Å². The lowest BCUT2D eigenvalue weighted by atomic mass is 10.1. The average molecular weight is 220 g/mol. The number of amides is 1. The van der Waals surface area contributed by atoms with Crippen molar-refractivity contribution in [2.45, 2.75) is 40.0 Å². The van der Waals surface area contributed by atoms with Gasteiger partial charge in [-0.25, -0.2) is 0 Å². The molecular formula is C13H20N2O. The van der Waals surface area contributed by atoms with E-state index in [2.05, 4.69) is 12.2 Å². The summed E-state index contributed by atoms with van der Waals surface area (Å²) in [7, 11) is 0.